The standard InChI is InChI=1S/C21H23FN4/c1-2-3-8-19(23)17-9-11-24-20(13-17)21-14-26(15-25-21)12-10-16-6-4-5-7-18(16)22/h4-9,11,13-15H,2-3,10,12,23H2,1H3/b19-8-. The Labute approximate surface area is 153 Å². The molecule has 0 saturated heterocycles. The number of hydrogen-bond donors (Lipinski definition) is 1. The zero-order valence-electron chi connectivity index (χ0n) is 14.9. The molecule has 3 rings (SSSR count). The van der Waals surface area contributed by atoms with E-state index in [9.17, 15) is 4.39 Å². The SMILES string of the molecule is CCC/C=C(\N)c1ccnc(-c2cn(CCc3ccccc3F)cn2)c1. The number of benzene rings is 1. The summed E-state index contributed by atoms with van der Waals surface area (Å²) in [6.45, 7) is 2.78. The van der Waals surface area contributed by atoms with E-state index in [1.165, 1.54) is 6.07 Å². The third-order valence-corrected chi connectivity index (χ3v) is 4.24. The first-order valence-electron chi connectivity index (χ1n) is 8.85. The van der Waals surface area contributed by atoms with Crippen LogP contribution in [0.2, 0.25) is 0 Å². The number of aryl methyl sites for hydroxylation is 2. The number of rotatable bonds is 7. The van der Waals surface area contributed by atoms with Crippen molar-refractivity contribution in [1.29, 1.82) is 0 Å². The number of aromatic nitrogens is 3. The average molecular weight is 350 g/mol. The molecule has 0 radical (unpaired) electrons. The molecule has 1 aromatic carbocycles. The molecule has 4 nitrogen and oxygen atoms in total. The molecule has 0 spiro atoms. The predicted molar refractivity (Wildman–Crippen MR) is 103 cm³/mol. The van der Waals surface area contributed by atoms with Crippen LogP contribution in [0, 0.1) is 5.82 Å². The second kappa shape index (κ2) is 8.43. The molecule has 134 valence electrons. The normalized spacial score (nSPS) is 11.7. The molecule has 2 heterocycles. The van der Waals surface area contributed by atoms with Crippen LogP contribution in [0.15, 0.2) is 61.2 Å². The van der Waals surface area contributed by atoms with E-state index in [0.717, 1.165) is 35.5 Å². The summed E-state index contributed by atoms with van der Waals surface area (Å²) in [5.74, 6) is -0.170. The van der Waals surface area contributed by atoms with Crippen molar-refractivity contribution in [3.8, 4) is 11.4 Å². The maximum Gasteiger partial charge on any atom is 0.126 e. The summed E-state index contributed by atoms with van der Waals surface area (Å²) >= 11 is 0. The van der Waals surface area contributed by atoms with Crippen molar-refractivity contribution in [2.45, 2.75) is 32.7 Å². The van der Waals surface area contributed by atoms with Gasteiger partial charge in [0.25, 0.3) is 0 Å². The fourth-order valence-electron chi connectivity index (χ4n) is 2.73. The van der Waals surface area contributed by atoms with Gasteiger partial charge in [0.2, 0.25) is 0 Å². The number of nitrogens with two attached hydrogens (primary N) is 1. The number of allylic oxidation sites excluding steroid dienone is 1. The van der Waals surface area contributed by atoms with E-state index in [1.807, 2.05) is 41.1 Å². The van der Waals surface area contributed by atoms with Gasteiger partial charge in [0, 0.05) is 30.2 Å². The minimum atomic E-state index is -0.170. The van der Waals surface area contributed by atoms with Crippen molar-refractivity contribution in [3.05, 3.63) is 78.1 Å². The Morgan fingerprint density at radius 3 is 2.85 bits per heavy atom. The predicted octanol–water partition coefficient (Wildman–Crippen LogP) is 4.43. The third-order valence-electron chi connectivity index (χ3n) is 4.24. The number of hydrogen-bond acceptors (Lipinski definition) is 3. The van der Waals surface area contributed by atoms with Crippen molar-refractivity contribution in [3.63, 3.8) is 0 Å². The molecular weight excluding hydrogens is 327 g/mol. The first kappa shape index (κ1) is 17.9. The minimum Gasteiger partial charge on any atom is -0.399 e. The van der Waals surface area contributed by atoms with Crippen molar-refractivity contribution >= 4 is 5.70 Å². The van der Waals surface area contributed by atoms with E-state index < -0.39 is 0 Å². The zero-order chi connectivity index (χ0) is 18.4. The Morgan fingerprint density at radius 1 is 1.19 bits per heavy atom. The van der Waals surface area contributed by atoms with Gasteiger partial charge < -0.3 is 10.3 Å². The van der Waals surface area contributed by atoms with Crippen LogP contribution in [0.1, 0.15) is 30.9 Å². The molecule has 0 saturated carbocycles. The van der Waals surface area contributed by atoms with E-state index in [-0.39, 0.29) is 5.82 Å². The van der Waals surface area contributed by atoms with Crippen LogP contribution in [0.25, 0.3) is 17.1 Å². The second-order valence-electron chi connectivity index (χ2n) is 6.22. The van der Waals surface area contributed by atoms with Crippen molar-refractivity contribution < 1.29 is 4.39 Å². The molecule has 0 aliphatic carbocycles. The van der Waals surface area contributed by atoms with Crippen molar-refractivity contribution in [2.24, 2.45) is 5.73 Å². The highest BCUT2D eigenvalue weighted by molar-refractivity contribution is 5.67. The Bertz CT molecular complexity index is 898. The Balaban J connectivity index is 1.72. The topological polar surface area (TPSA) is 56.7 Å². The highest BCUT2D eigenvalue weighted by Gasteiger charge is 2.07. The lowest BCUT2D eigenvalue weighted by atomic mass is 10.1. The molecule has 0 amide bonds. The van der Waals surface area contributed by atoms with E-state index >= 15 is 0 Å². The largest absolute Gasteiger partial charge is 0.399 e. The lowest BCUT2D eigenvalue weighted by molar-refractivity contribution is 0.593. The first-order chi connectivity index (χ1) is 12.7. The molecule has 0 aliphatic rings. The summed E-state index contributed by atoms with van der Waals surface area (Å²) in [6, 6.07) is 10.7. The molecular formula is C21H23FN4. The Hall–Kier alpha value is -2.95. The highest BCUT2D eigenvalue weighted by atomic mass is 19.1. The third kappa shape index (κ3) is 4.36. The number of nitrogens with zero attached hydrogens (tertiary/aromatic N) is 3. The minimum absolute atomic E-state index is 0.170. The highest BCUT2D eigenvalue weighted by Crippen LogP contribution is 2.19. The monoisotopic (exact) mass is 350 g/mol. The van der Waals surface area contributed by atoms with Crippen LogP contribution in [0.3, 0.4) is 0 Å². The van der Waals surface area contributed by atoms with Crippen LogP contribution >= 0.6 is 0 Å². The maximum atomic E-state index is 13.7. The Morgan fingerprint density at radius 2 is 2.04 bits per heavy atom. The lowest BCUT2D eigenvalue weighted by Gasteiger charge is -2.04. The van der Waals surface area contributed by atoms with Crippen LogP contribution in [0.4, 0.5) is 4.39 Å². The van der Waals surface area contributed by atoms with E-state index in [4.69, 9.17) is 5.73 Å². The summed E-state index contributed by atoms with van der Waals surface area (Å²) in [7, 11) is 0. The van der Waals surface area contributed by atoms with Gasteiger partial charge in [-0.1, -0.05) is 37.6 Å². The van der Waals surface area contributed by atoms with Gasteiger partial charge in [-0.3, -0.25) is 4.98 Å². The average Bonchev–Trinajstić information content (AvgIpc) is 3.14. The summed E-state index contributed by atoms with van der Waals surface area (Å²) < 4.78 is 15.7. The van der Waals surface area contributed by atoms with Gasteiger partial charge in [-0.15, -0.1) is 0 Å². The smallest absolute Gasteiger partial charge is 0.126 e. The van der Waals surface area contributed by atoms with Crippen molar-refractivity contribution in [2.75, 3.05) is 0 Å². The maximum absolute atomic E-state index is 13.7. The number of imidazole rings is 1. The fraction of sp³-hybridized carbons (Fsp3) is 0.238. The molecule has 0 bridgehead atoms. The summed E-state index contributed by atoms with van der Waals surface area (Å²) in [5, 5.41) is 0. The molecule has 26 heavy (non-hydrogen) atoms. The van der Waals surface area contributed by atoms with Gasteiger partial charge >= 0.3 is 0 Å². The summed E-state index contributed by atoms with van der Waals surface area (Å²) in [5.41, 5.74) is 10.1. The quantitative estimate of drug-likeness (QED) is 0.686. The van der Waals surface area contributed by atoms with Gasteiger partial charge in [0.1, 0.15) is 11.5 Å². The molecule has 0 fully saturated rings. The lowest BCUT2D eigenvalue weighted by Crippen LogP contribution is -2.00. The summed E-state index contributed by atoms with van der Waals surface area (Å²) in [4.78, 5) is 8.83. The molecule has 2 aromatic heterocycles. The molecule has 0 unspecified atom stereocenters. The molecule has 5 heteroatoms. The molecule has 3 aromatic rings. The van der Waals surface area contributed by atoms with E-state index in [0.29, 0.717) is 18.5 Å². The fourth-order valence-corrected chi connectivity index (χ4v) is 2.73. The number of pyridine rings is 1. The van der Waals surface area contributed by atoms with Crippen LogP contribution in [-0.2, 0) is 13.0 Å². The van der Waals surface area contributed by atoms with Crippen LogP contribution in [0.5, 0.6) is 0 Å². The van der Waals surface area contributed by atoms with E-state index in [2.05, 4.69) is 16.9 Å². The number of unbranched alkanes of at least 4 members (excludes halogenated alkanes) is 1. The van der Waals surface area contributed by atoms with Crippen molar-refractivity contribution in [1.82, 2.24) is 14.5 Å². The Kier molecular flexibility index (Phi) is 5.79. The summed E-state index contributed by atoms with van der Waals surface area (Å²) in [6.07, 6.45) is 10.1. The zero-order valence-corrected chi connectivity index (χ0v) is 14.9. The van der Waals surface area contributed by atoms with Gasteiger partial charge in [0.05, 0.1) is 12.0 Å². The molecule has 0 atom stereocenters. The van der Waals surface area contributed by atoms with E-state index in [1.54, 1.807) is 18.6 Å². The second-order valence-corrected chi connectivity index (χ2v) is 6.22. The van der Waals surface area contributed by atoms with Gasteiger partial charge in [-0.2, -0.15) is 0 Å². The molecule has 2 N–H and O–H groups in total. The molecule has 0 aliphatic heterocycles. The van der Waals surface area contributed by atoms with Gasteiger partial charge in [-0.05, 0) is 36.6 Å². The number of halogens is 1. The van der Waals surface area contributed by atoms with Gasteiger partial charge in [-0.25, -0.2) is 9.37 Å². The first-order valence-corrected chi connectivity index (χ1v) is 8.85. The van der Waals surface area contributed by atoms with Gasteiger partial charge in [0.15, 0.2) is 0 Å². The van der Waals surface area contributed by atoms with Crippen LogP contribution in [-0.4, -0.2) is 14.5 Å². The van der Waals surface area contributed by atoms with Crippen LogP contribution < -0.4 is 5.73 Å².